The fourth-order valence-corrected chi connectivity index (χ4v) is 2.42. The standard InChI is InChI=1S/C11H18N4O2S/c1-8(12-2)9-7-18-10(13-9)14-11(16)15-3-5-17-6-4-15/h7-8,12H,3-6H2,1-2H3,(H,13,14,16). The first-order valence-electron chi connectivity index (χ1n) is 5.97. The number of hydrogen-bond acceptors (Lipinski definition) is 5. The summed E-state index contributed by atoms with van der Waals surface area (Å²) in [6.07, 6.45) is 0. The van der Waals surface area contributed by atoms with Crippen molar-refractivity contribution in [3.63, 3.8) is 0 Å². The Morgan fingerprint density at radius 1 is 1.56 bits per heavy atom. The zero-order valence-corrected chi connectivity index (χ0v) is 11.4. The van der Waals surface area contributed by atoms with Gasteiger partial charge in [-0.25, -0.2) is 9.78 Å². The monoisotopic (exact) mass is 270 g/mol. The van der Waals surface area contributed by atoms with E-state index in [4.69, 9.17) is 4.74 Å². The Labute approximate surface area is 110 Å². The van der Waals surface area contributed by atoms with Crippen molar-refractivity contribution in [1.29, 1.82) is 0 Å². The van der Waals surface area contributed by atoms with Gasteiger partial charge in [-0.15, -0.1) is 11.3 Å². The minimum atomic E-state index is -0.101. The number of carbonyl (C=O) groups is 1. The molecular formula is C11H18N4O2S. The molecule has 1 aromatic rings. The van der Waals surface area contributed by atoms with Crippen molar-refractivity contribution >= 4 is 22.5 Å². The van der Waals surface area contributed by atoms with Crippen molar-refractivity contribution < 1.29 is 9.53 Å². The van der Waals surface area contributed by atoms with Crippen LogP contribution in [0.4, 0.5) is 9.93 Å². The summed E-state index contributed by atoms with van der Waals surface area (Å²) < 4.78 is 5.21. The van der Waals surface area contributed by atoms with E-state index in [1.54, 1.807) is 4.90 Å². The molecule has 2 N–H and O–H groups in total. The molecule has 0 radical (unpaired) electrons. The molecule has 0 saturated carbocycles. The van der Waals surface area contributed by atoms with E-state index in [0.29, 0.717) is 31.4 Å². The second-order valence-electron chi connectivity index (χ2n) is 4.12. The van der Waals surface area contributed by atoms with E-state index in [-0.39, 0.29) is 12.1 Å². The van der Waals surface area contributed by atoms with Crippen molar-refractivity contribution in [2.24, 2.45) is 0 Å². The molecule has 7 heteroatoms. The number of aromatic nitrogens is 1. The number of anilines is 1. The van der Waals surface area contributed by atoms with Gasteiger partial charge in [0, 0.05) is 24.5 Å². The number of urea groups is 1. The minimum Gasteiger partial charge on any atom is -0.378 e. The van der Waals surface area contributed by atoms with E-state index < -0.39 is 0 Å². The second kappa shape index (κ2) is 6.12. The Balaban J connectivity index is 1.92. The molecule has 1 saturated heterocycles. The zero-order chi connectivity index (χ0) is 13.0. The maximum Gasteiger partial charge on any atom is 0.323 e. The van der Waals surface area contributed by atoms with Crippen LogP contribution in [-0.2, 0) is 4.74 Å². The molecule has 18 heavy (non-hydrogen) atoms. The van der Waals surface area contributed by atoms with Crippen LogP contribution in [0, 0.1) is 0 Å². The van der Waals surface area contributed by atoms with Gasteiger partial charge in [-0.1, -0.05) is 0 Å². The highest BCUT2D eigenvalue weighted by Gasteiger charge is 2.18. The SMILES string of the molecule is CNC(C)c1csc(NC(=O)N2CCOCC2)n1. The summed E-state index contributed by atoms with van der Waals surface area (Å²) >= 11 is 1.44. The fraction of sp³-hybridized carbons (Fsp3) is 0.636. The summed E-state index contributed by atoms with van der Waals surface area (Å²) in [5, 5.41) is 8.53. The highest BCUT2D eigenvalue weighted by atomic mass is 32.1. The molecule has 1 aliphatic heterocycles. The van der Waals surface area contributed by atoms with E-state index in [0.717, 1.165) is 5.69 Å². The molecule has 0 aliphatic carbocycles. The van der Waals surface area contributed by atoms with Crippen LogP contribution in [0.2, 0.25) is 0 Å². The van der Waals surface area contributed by atoms with Gasteiger partial charge < -0.3 is 15.0 Å². The molecule has 1 unspecified atom stereocenters. The largest absolute Gasteiger partial charge is 0.378 e. The average Bonchev–Trinajstić information content (AvgIpc) is 2.87. The number of thiazole rings is 1. The first-order chi connectivity index (χ1) is 8.70. The van der Waals surface area contributed by atoms with Crippen LogP contribution in [0.15, 0.2) is 5.38 Å². The summed E-state index contributed by atoms with van der Waals surface area (Å²) in [6.45, 7) is 4.51. The van der Waals surface area contributed by atoms with Gasteiger partial charge in [0.1, 0.15) is 0 Å². The van der Waals surface area contributed by atoms with Crippen molar-refractivity contribution in [1.82, 2.24) is 15.2 Å². The number of ether oxygens (including phenoxy) is 1. The first kappa shape index (κ1) is 13.3. The third-order valence-corrected chi connectivity index (χ3v) is 3.69. The molecule has 1 fully saturated rings. The summed E-state index contributed by atoms with van der Waals surface area (Å²) in [7, 11) is 1.88. The average molecular weight is 270 g/mol. The fourth-order valence-electron chi connectivity index (χ4n) is 1.63. The Hall–Kier alpha value is -1.18. The van der Waals surface area contributed by atoms with Gasteiger partial charge in [0.05, 0.1) is 18.9 Å². The molecule has 0 bridgehead atoms. The van der Waals surface area contributed by atoms with Gasteiger partial charge in [-0.05, 0) is 14.0 Å². The lowest BCUT2D eigenvalue weighted by molar-refractivity contribution is 0.0564. The minimum absolute atomic E-state index is 0.101. The summed E-state index contributed by atoms with van der Waals surface area (Å²) in [5.41, 5.74) is 0.944. The lowest BCUT2D eigenvalue weighted by atomic mass is 10.3. The van der Waals surface area contributed by atoms with Crippen molar-refractivity contribution in [3.8, 4) is 0 Å². The van der Waals surface area contributed by atoms with Crippen molar-refractivity contribution in [2.45, 2.75) is 13.0 Å². The van der Waals surface area contributed by atoms with E-state index in [1.165, 1.54) is 11.3 Å². The summed E-state index contributed by atoms with van der Waals surface area (Å²) in [5.74, 6) is 0. The van der Waals surface area contributed by atoms with E-state index in [9.17, 15) is 4.79 Å². The van der Waals surface area contributed by atoms with Crippen LogP contribution < -0.4 is 10.6 Å². The van der Waals surface area contributed by atoms with Crippen LogP contribution >= 0.6 is 11.3 Å². The Bertz CT molecular complexity index is 404. The zero-order valence-electron chi connectivity index (χ0n) is 10.6. The topological polar surface area (TPSA) is 66.5 Å². The van der Waals surface area contributed by atoms with Gasteiger partial charge in [-0.2, -0.15) is 0 Å². The number of hydrogen-bond donors (Lipinski definition) is 2. The molecule has 2 rings (SSSR count). The highest BCUT2D eigenvalue weighted by molar-refractivity contribution is 7.13. The first-order valence-corrected chi connectivity index (χ1v) is 6.85. The molecule has 1 aliphatic rings. The highest BCUT2D eigenvalue weighted by Crippen LogP contribution is 2.20. The number of nitrogens with zero attached hydrogens (tertiary/aromatic N) is 2. The summed E-state index contributed by atoms with van der Waals surface area (Å²) in [6, 6.07) is 0.0894. The third kappa shape index (κ3) is 3.18. The molecule has 0 spiro atoms. The number of rotatable bonds is 3. The van der Waals surface area contributed by atoms with E-state index >= 15 is 0 Å². The summed E-state index contributed by atoms with van der Waals surface area (Å²) in [4.78, 5) is 18.1. The Morgan fingerprint density at radius 3 is 2.94 bits per heavy atom. The van der Waals surface area contributed by atoms with Crippen LogP contribution in [0.1, 0.15) is 18.7 Å². The van der Waals surface area contributed by atoms with Crippen LogP contribution in [-0.4, -0.2) is 49.3 Å². The molecule has 6 nitrogen and oxygen atoms in total. The van der Waals surface area contributed by atoms with E-state index in [2.05, 4.69) is 15.6 Å². The molecule has 2 heterocycles. The number of morpholine rings is 1. The Kier molecular flexibility index (Phi) is 4.51. The smallest absolute Gasteiger partial charge is 0.323 e. The van der Waals surface area contributed by atoms with Gasteiger partial charge >= 0.3 is 6.03 Å². The van der Waals surface area contributed by atoms with Gasteiger partial charge in [0.2, 0.25) is 0 Å². The van der Waals surface area contributed by atoms with Crippen molar-refractivity contribution in [3.05, 3.63) is 11.1 Å². The van der Waals surface area contributed by atoms with Gasteiger partial charge in [0.25, 0.3) is 0 Å². The molecular weight excluding hydrogens is 252 g/mol. The maximum atomic E-state index is 11.9. The molecule has 1 aromatic heterocycles. The second-order valence-corrected chi connectivity index (χ2v) is 4.98. The number of carbonyl (C=O) groups excluding carboxylic acids is 1. The lowest BCUT2D eigenvalue weighted by Gasteiger charge is -2.26. The Morgan fingerprint density at radius 2 is 2.28 bits per heavy atom. The number of nitrogens with one attached hydrogen (secondary N) is 2. The van der Waals surface area contributed by atoms with Crippen LogP contribution in [0.3, 0.4) is 0 Å². The van der Waals surface area contributed by atoms with Crippen LogP contribution in [0.5, 0.6) is 0 Å². The number of amides is 2. The van der Waals surface area contributed by atoms with Crippen LogP contribution in [0.25, 0.3) is 0 Å². The van der Waals surface area contributed by atoms with Crippen molar-refractivity contribution in [2.75, 3.05) is 38.7 Å². The predicted octanol–water partition coefficient (Wildman–Crippen LogP) is 1.29. The predicted molar refractivity (Wildman–Crippen MR) is 71.0 cm³/mol. The lowest BCUT2D eigenvalue weighted by Crippen LogP contribution is -2.43. The quantitative estimate of drug-likeness (QED) is 0.868. The molecule has 100 valence electrons. The molecule has 2 amide bonds. The molecule has 1 atom stereocenters. The maximum absolute atomic E-state index is 11.9. The van der Waals surface area contributed by atoms with Gasteiger partial charge in [-0.3, -0.25) is 5.32 Å². The van der Waals surface area contributed by atoms with E-state index in [1.807, 2.05) is 19.4 Å². The third-order valence-electron chi connectivity index (χ3n) is 2.91. The van der Waals surface area contributed by atoms with Gasteiger partial charge in [0.15, 0.2) is 5.13 Å². The molecule has 0 aromatic carbocycles. The normalized spacial score (nSPS) is 17.6.